The lowest BCUT2D eigenvalue weighted by Gasteiger charge is -2.02. The second-order valence-electron chi connectivity index (χ2n) is 2.13. The lowest BCUT2D eigenvalue weighted by molar-refractivity contribution is 0.818. The summed E-state index contributed by atoms with van der Waals surface area (Å²) in [7, 11) is 0. The molecule has 48 valence electrons. The molecule has 1 heteroatoms. The van der Waals surface area contributed by atoms with Gasteiger partial charge in [0.15, 0.2) is 0 Å². The zero-order chi connectivity index (χ0) is 7.40. The van der Waals surface area contributed by atoms with E-state index in [0.29, 0.717) is 0 Å². The molecule has 1 aromatic carbocycles. The summed E-state index contributed by atoms with van der Waals surface area (Å²) in [5.74, 6) is 0. The standard InChI is InChI=1S/C8H11N/c1-7(9)8-5-3-2-4-6-8/h2-7H,9H2,1H3/i/hT. The van der Waals surface area contributed by atoms with Crippen molar-refractivity contribution >= 4 is 0 Å². The van der Waals surface area contributed by atoms with Crippen LogP contribution < -0.4 is 5.73 Å². The van der Waals surface area contributed by atoms with E-state index >= 15 is 0 Å². The van der Waals surface area contributed by atoms with Crippen LogP contribution in [0.2, 0.25) is 1.41 Å². The molecule has 0 aromatic heterocycles. The fourth-order valence-electron chi connectivity index (χ4n) is 0.742. The van der Waals surface area contributed by atoms with E-state index < -0.39 is 0 Å². The lowest BCUT2D eigenvalue weighted by atomic mass is 10.1. The molecule has 0 fully saturated rings. The van der Waals surface area contributed by atoms with Gasteiger partial charge in [0.25, 0.3) is 0 Å². The molecule has 1 unspecified atom stereocenters. The second kappa shape index (κ2) is 2.65. The molecular weight excluding hydrogens is 110 g/mol. The van der Waals surface area contributed by atoms with Gasteiger partial charge in [-0.3, -0.25) is 0 Å². The Kier molecular flexibility index (Phi) is 1.47. The zero-order valence-electron chi connectivity index (χ0n) is 6.46. The molecule has 0 aliphatic heterocycles. The molecule has 0 bridgehead atoms. The van der Waals surface area contributed by atoms with Gasteiger partial charge in [-0.2, -0.15) is 0 Å². The van der Waals surface area contributed by atoms with Gasteiger partial charge in [-0.25, -0.2) is 0 Å². The van der Waals surface area contributed by atoms with E-state index in [1.807, 2.05) is 37.3 Å². The molecule has 0 aliphatic carbocycles. The summed E-state index contributed by atoms with van der Waals surface area (Å²) in [6.07, 6.45) is 0. The van der Waals surface area contributed by atoms with Crippen molar-refractivity contribution in [1.82, 2.24) is 0 Å². The molecule has 1 nitrogen and oxygen atoms in total. The van der Waals surface area contributed by atoms with Crippen LogP contribution in [0.15, 0.2) is 30.3 Å². The Bertz CT molecular complexity index is 186. The predicted molar refractivity (Wildman–Crippen MR) is 39.0 cm³/mol. The number of benzene rings is 1. The van der Waals surface area contributed by atoms with Crippen LogP contribution in [0.4, 0.5) is 0 Å². The van der Waals surface area contributed by atoms with Gasteiger partial charge in [0, 0.05) is 6.04 Å². The largest absolute Gasteiger partial charge is 0.324 e. The van der Waals surface area contributed by atoms with Crippen LogP contribution in [-0.2, 0) is 0 Å². The SMILES string of the molecule is [3H]NC(C)c1ccccc1. The van der Waals surface area contributed by atoms with Crippen molar-refractivity contribution in [3.8, 4) is 0 Å². The van der Waals surface area contributed by atoms with Gasteiger partial charge in [-0.15, -0.1) is 0 Å². The minimum atomic E-state index is 0.126. The van der Waals surface area contributed by atoms with Gasteiger partial charge >= 0.3 is 0 Å². The minimum absolute atomic E-state index is 0.126. The van der Waals surface area contributed by atoms with Crippen LogP contribution in [0.25, 0.3) is 0 Å². The van der Waals surface area contributed by atoms with E-state index in [-0.39, 0.29) is 6.04 Å². The molecular formula is C8H11N. The molecule has 1 atom stereocenters. The molecule has 1 aromatic rings. The highest BCUT2D eigenvalue weighted by Crippen LogP contribution is 2.06. The van der Waals surface area contributed by atoms with Crippen LogP contribution >= 0.6 is 0 Å². The van der Waals surface area contributed by atoms with Crippen molar-refractivity contribution in [3.05, 3.63) is 35.9 Å². The molecule has 1 rings (SSSR count). The minimum Gasteiger partial charge on any atom is -0.324 e. The number of hydrogen-bond acceptors (Lipinski definition) is 1. The maximum atomic E-state index is 6.90. The number of nitrogens with two attached hydrogens (primary N) is 1. The summed E-state index contributed by atoms with van der Waals surface area (Å²) >= 11 is 0. The van der Waals surface area contributed by atoms with Crippen LogP contribution in [0.3, 0.4) is 0 Å². The maximum absolute atomic E-state index is 6.90. The molecule has 0 heterocycles. The van der Waals surface area contributed by atoms with Gasteiger partial charge in [0.2, 0.25) is 0 Å². The molecule has 0 amide bonds. The van der Waals surface area contributed by atoms with Crippen LogP contribution in [0.5, 0.6) is 0 Å². The molecule has 0 saturated carbocycles. The number of hydrogen-bond donors (Lipinski definition) is 1. The predicted octanol–water partition coefficient (Wildman–Crippen LogP) is 1.71. The Hall–Kier alpha value is -0.820. The van der Waals surface area contributed by atoms with Crippen molar-refractivity contribution in [1.29, 1.82) is 0 Å². The first kappa shape index (κ1) is 5.00. The first-order valence-electron chi connectivity index (χ1n) is 3.57. The van der Waals surface area contributed by atoms with Crippen molar-refractivity contribution < 1.29 is 1.41 Å². The Labute approximate surface area is 57.0 Å². The topological polar surface area (TPSA) is 26.0 Å². The summed E-state index contributed by atoms with van der Waals surface area (Å²) in [4.78, 5) is 0. The van der Waals surface area contributed by atoms with Crippen LogP contribution in [0.1, 0.15) is 18.5 Å². The Balaban J connectivity index is 2.75. The van der Waals surface area contributed by atoms with E-state index in [2.05, 4.69) is 5.73 Å². The third-order valence-corrected chi connectivity index (χ3v) is 1.30. The second-order valence-corrected chi connectivity index (χ2v) is 2.13. The first-order valence-corrected chi connectivity index (χ1v) is 3.07. The quantitative estimate of drug-likeness (QED) is 0.636. The Morgan fingerprint density at radius 2 is 2.11 bits per heavy atom. The monoisotopic (exact) mass is 123 g/mol. The highest BCUT2D eigenvalue weighted by Gasteiger charge is 1.93. The first-order chi connectivity index (χ1) is 4.84. The molecule has 0 spiro atoms. The fraction of sp³-hybridized carbons (Fsp3) is 0.250. The smallest absolute Gasteiger partial charge is 0.119 e. The summed E-state index contributed by atoms with van der Waals surface area (Å²) in [6, 6.07) is 10.1. The maximum Gasteiger partial charge on any atom is 0.119 e. The number of rotatable bonds is 2. The normalized spacial score (nSPS) is 14.6. The lowest BCUT2D eigenvalue weighted by Crippen LogP contribution is -2.03. The highest BCUT2D eigenvalue weighted by molar-refractivity contribution is 5.17. The van der Waals surface area contributed by atoms with Crippen molar-refractivity contribution in [2.24, 2.45) is 5.73 Å². The zero-order valence-corrected chi connectivity index (χ0v) is 5.46. The van der Waals surface area contributed by atoms with Gasteiger partial charge in [0.05, 0.1) is 0 Å². The molecule has 9 heavy (non-hydrogen) atoms. The van der Waals surface area contributed by atoms with E-state index in [4.69, 9.17) is 1.41 Å². The summed E-state index contributed by atoms with van der Waals surface area (Å²) < 4.78 is 6.90. The highest BCUT2D eigenvalue weighted by atomic mass is 14.6. The van der Waals surface area contributed by atoms with Crippen molar-refractivity contribution in [3.63, 3.8) is 0 Å². The van der Waals surface area contributed by atoms with Crippen LogP contribution in [-0.4, -0.2) is 0 Å². The molecule has 0 aliphatic rings. The summed E-state index contributed by atoms with van der Waals surface area (Å²) in [5.41, 5.74) is 3.58. The average molecular weight is 123 g/mol. The van der Waals surface area contributed by atoms with E-state index in [1.165, 1.54) is 0 Å². The Morgan fingerprint density at radius 3 is 2.67 bits per heavy atom. The van der Waals surface area contributed by atoms with Gasteiger partial charge in [-0.05, 0) is 12.5 Å². The van der Waals surface area contributed by atoms with Crippen LogP contribution in [0, 0.1) is 0 Å². The fourth-order valence-corrected chi connectivity index (χ4v) is 0.742. The van der Waals surface area contributed by atoms with Gasteiger partial charge in [0.1, 0.15) is 1.41 Å². The van der Waals surface area contributed by atoms with Gasteiger partial charge < -0.3 is 5.73 Å². The van der Waals surface area contributed by atoms with Crippen molar-refractivity contribution in [2.75, 3.05) is 0 Å². The average Bonchev–Trinajstić information content (AvgIpc) is 2.05. The molecule has 0 radical (unpaired) electrons. The van der Waals surface area contributed by atoms with E-state index in [1.54, 1.807) is 0 Å². The Morgan fingerprint density at radius 1 is 1.44 bits per heavy atom. The third kappa shape index (κ3) is 1.54. The molecule has 2 N–H and O–H groups in total. The molecule has 0 saturated heterocycles. The van der Waals surface area contributed by atoms with E-state index in [0.717, 1.165) is 5.56 Å². The summed E-state index contributed by atoms with van der Waals surface area (Å²) in [5, 5.41) is 0. The van der Waals surface area contributed by atoms with E-state index in [9.17, 15) is 0 Å². The third-order valence-electron chi connectivity index (χ3n) is 1.30. The van der Waals surface area contributed by atoms with Gasteiger partial charge in [-0.1, -0.05) is 30.3 Å². The van der Waals surface area contributed by atoms with Crippen molar-refractivity contribution in [2.45, 2.75) is 13.0 Å². The summed E-state index contributed by atoms with van der Waals surface area (Å²) in [6.45, 7) is 1.96.